The van der Waals surface area contributed by atoms with Crippen molar-refractivity contribution in [2.24, 2.45) is 5.92 Å². The highest BCUT2D eigenvalue weighted by atomic mass is 32.2. The van der Waals surface area contributed by atoms with Crippen molar-refractivity contribution in [3.05, 3.63) is 0 Å². The number of amides is 1. The van der Waals surface area contributed by atoms with Gasteiger partial charge in [-0.1, -0.05) is 6.92 Å². The molecule has 1 N–H and O–H groups in total. The van der Waals surface area contributed by atoms with Gasteiger partial charge < -0.3 is 10.0 Å². The minimum Gasteiger partial charge on any atom is -0.480 e. The Hall–Kier alpha value is -0.360. The lowest BCUT2D eigenvalue weighted by Crippen LogP contribution is -2.40. The second-order valence-electron chi connectivity index (χ2n) is 3.95. The number of rotatable bonds is 6. The van der Waals surface area contributed by atoms with Gasteiger partial charge in [0.1, 0.15) is 6.04 Å². The molecule has 0 unspecified atom stereocenters. The summed E-state index contributed by atoms with van der Waals surface area (Å²) in [6.45, 7) is 3.45. The molecule has 0 saturated heterocycles. The van der Waals surface area contributed by atoms with Crippen molar-refractivity contribution in [2.45, 2.75) is 37.3 Å². The van der Waals surface area contributed by atoms with Crippen LogP contribution in [0.3, 0.4) is 0 Å². The third-order valence-corrected chi connectivity index (χ3v) is 3.67. The molecule has 0 aromatic carbocycles. The second kappa shape index (κ2) is 7.06. The maximum Gasteiger partial charge on any atom is 0.326 e. The SMILES string of the molecule is C[C@H](CCC(=O)N(C)[C@@H](C)C(=O)O)C(S)S. The smallest absolute Gasteiger partial charge is 0.326 e. The molecule has 0 rings (SSSR count). The van der Waals surface area contributed by atoms with E-state index < -0.39 is 12.0 Å². The van der Waals surface area contributed by atoms with Crippen molar-refractivity contribution < 1.29 is 14.7 Å². The normalized spacial score (nSPS) is 14.6. The van der Waals surface area contributed by atoms with E-state index in [0.717, 1.165) is 0 Å². The summed E-state index contributed by atoms with van der Waals surface area (Å²) in [4.78, 5) is 23.6. The van der Waals surface area contributed by atoms with E-state index in [2.05, 4.69) is 25.3 Å². The fourth-order valence-corrected chi connectivity index (χ4v) is 1.36. The summed E-state index contributed by atoms with van der Waals surface area (Å²) >= 11 is 8.33. The largest absolute Gasteiger partial charge is 0.480 e. The molecule has 4 nitrogen and oxygen atoms in total. The molecule has 16 heavy (non-hydrogen) atoms. The summed E-state index contributed by atoms with van der Waals surface area (Å²) in [5.74, 6) is -0.946. The van der Waals surface area contributed by atoms with Crippen molar-refractivity contribution in [3.8, 4) is 0 Å². The Bertz CT molecular complexity index is 258. The average Bonchev–Trinajstić information content (AvgIpc) is 2.22. The van der Waals surface area contributed by atoms with Crippen molar-refractivity contribution in [1.82, 2.24) is 4.90 Å². The summed E-state index contributed by atoms with van der Waals surface area (Å²) in [5, 5.41) is 8.75. The summed E-state index contributed by atoms with van der Waals surface area (Å²) in [5.41, 5.74) is 0. The summed E-state index contributed by atoms with van der Waals surface area (Å²) in [6, 6.07) is -0.786. The fraction of sp³-hybridized carbons (Fsp3) is 0.800. The highest BCUT2D eigenvalue weighted by molar-refractivity contribution is 7.99. The summed E-state index contributed by atoms with van der Waals surface area (Å²) in [7, 11) is 1.50. The molecule has 2 atom stereocenters. The van der Waals surface area contributed by atoms with E-state index in [-0.39, 0.29) is 16.4 Å². The molecule has 0 fully saturated rings. The van der Waals surface area contributed by atoms with Crippen LogP contribution in [-0.2, 0) is 9.59 Å². The van der Waals surface area contributed by atoms with Crippen LogP contribution in [0.4, 0.5) is 0 Å². The number of likely N-dealkylation sites (N-methyl/N-ethyl adjacent to an activating group) is 1. The number of carboxylic acid groups (broad SMARTS) is 1. The molecular weight excluding hydrogens is 246 g/mol. The predicted molar refractivity (Wildman–Crippen MR) is 70.0 cm³/mol. The molecule has 0 aromatic rings. The standard InChI is InChI=1S/C10H19NO3S2/c1-6(10(15)16)4-5-8(12)11(3)7(2)9(13)14/h6-7,10,15-16H,4-5H2,1-3H3,(H,13,14)/t6-,7+/m1/s1. The van der Waals surface area contributed by atoms with E-state index in [0.29, 0.717) is 12.8 Å². The van der Waals surface area contributed by atoms with Crippen LogP contribution in [0.5, 0.6) is 0 Å². The Balaban J connectivity index is 4.12. The van der Waals surface area contributed by atoms with Crippen LogP contribution < -0.4 is 0 Å². The van der Waals surface area contributed by atoms with Crippen LogP contribution in [-0.4, -0.2) is 39.6 Å². The number of hydrogen-bond donors (Lipinski definition) is 3. The first-order valence-corrected chi connectivity index (χ1v) is 6.15. The van der Waals surface area contributed by atoms with Crippen LogP contribution >= 0.6 is 25.3 Å². The number of carboxylic acids is 1. The van der Waals surface area contributed by atoms with Crippen molar-refractivity contribution in [2.75, 3.05) is 7.05 Å². The zero-order valence-electron chi connectivity index (χ0n) is 9.75. The lowest BCUT2D eigenvalue weighted by Gasteiger charge is -2.22. The van der Waals surface area contributed by atoms with Gasteiger partial charge in [-0.15, -0.1) is 0 Å². The third-order valence-electron chi connectivity index (χ3n) is 2.65. The van der Waals surface area contributed by atoms with E-state index in [4.69, 9.17) is 5.11 Å². The van der Waals surface area contributed by atoms with Crippen LogP contribution in [0, 0.1) is 5.92 Å². The third kappa shape index (κ3) is 5.12. The number of aliphatic carboxylic acids is 1. The molecule has 0 heterocycles. The molecule has 94 valence electrons. The first-order valence-electron chi connectivity index (χ1n) is 5.12. The average molecular weight is 265 g/mol. The van der Waals surface area contributed by atoms with Gasteiger partial charge in [-0.2, -0.15) is 25.3 Å². The maximum atomic E-state index is 11.6. The number of nitrogens with zero attached hydrogens (tertiary/aromatic N) is 1. The zero-order chi connectivity index (χ0) is 12.9. The minimum atomic E-state index is -0.995. The highest BCUT2D eigenvalue weighted by Gasteiger charge is 2.22. The first kappa shape index (κ1) is 15.6. The van der Waals surface area contributed by atoms with Gasteiger partial charge >= 0.3 is 5.97 Å². The minimum absolute atomic E-state index is 0.0602. The number of thiol groups is 2. The number of hydrogen-bond acceptors (Lipinski definition) is 4. The van der Waals surface area contributed by atoms with Crippen molar-refractivity contribution in [1.29, 1.82) is 0 Å². The predicted octanol–water partition coefficient (Wildman–Crippen LogP) is 1.52. The lowest BCUT2D eigenvalue weighted by atomic mass is 10.1. The Morgan fingerprint density at radius 2 is 1.81 bits per heavy atom. The Morgan fingerprint density at radius 1 is 1.31 bits per heavy atom. The van der Waals surface area contributed by atoms with E-state index in [9.17, 15) is 9.59 Å². The van der Waals surface area contributed by atoms with Gasteiger partial charge in [0, 0.05) is 18.1 Å². The van der Waals surface area contributed by atoms with Crippen LogP contribution in [0.1, 0.15) is 26.7 Å². The van der Waals surface area contributed by atoms with Crippen LogP contribution in [0.15, 0.2) is 0 Å². The van der Waals surface area contributed by atoms with E-state index in [1.54, 1.807) is 0 Å². The quantitative estimate of drug-likeness (QED) is 0.504. The molecule has 0 spiro atoms. The number of carbonyl (C=O) groups is 2. The van der Waals surface area contributed by atoms with Gasteiger partial charge in [0.2, 0.25) is 5.91 Å². The molecule has 0 saturated carbocycles. The van der Waals surface area contributed by atoms with Gasteiger partial charge in [-0.05, 0) is 19.3 Å². The lowest BCUT2D eigenvalue weighted by molar-refractivity contribution is -0.148. The van der Waals surface area contributed by atoms with Gasteiger partial charge in [-0.25, -0.2) is 4.79 Å². The van der Waals surface area contributed by atoms with E-state index in [1.807, 2.05) is 6.92 Å². The van der Waals surface area contributed by atoms with Crippen LogP contribution in [0.25, 0.3) is 0 Å². The summed E-state index contributed by atoms with van der Waals surface area (Å²) < 4.78 is -0.0602. The van der Waals surface area contributed by atoms with E-state index >= 15 is 0 Å². The molecule has 6 heteroatoms. The van der Waals surface area contributed by atoms with Crippen molar-refractivity contribution in [3.63, 3.8) is 0 Å². The molecule has 0 radical (unpaired) electrons. The molecule has 0 bridgehead atoms. The Labute approximate surface area is 107 Å². The maximum absolute atomic E-state index is 11.6. The van der Waals surface area contributed by atoms with Crippen molar-refractivity contribution >= 4 is 37.1 Å². The van der Waals surface area contributed by atoms with Crippen LogP contribution in [0.2, 0.25) is 0 Å². The fourth-order valence-electron chi connectivity index (χ4n) is 1.06. The van der Waals surface area contributed by atoms with Gasteiger partial charge in [-0.3, -0.25) is 4.79 Å². The van der Waals surface area contributed by atoms with Gasteiger partial charge in [0.05, 0.1) is 0 Å². The molecule has 0 aromatic heterocycles. The highest BCUT2D eigenvalue weighted by Crippen LogP contribution is 2.19. The first-order chi connectivity index (χ1) is 7.27. The molecule has 1 amide bonds. The monoisotopic (exact) mass is 265 g/mol. The zero-order valence-corrected chi connectivity index (χ0v) is 11.5. The molecule has 0 aliphatic rings. The number of carbonyl (C=O) groups excluding carboxylic acids is 1. The van der Waals surface area contributed by atoms with Gasteiger partial charge in [0.15, 0.2) is 0 Å². The summed E-state index contributed by atoms with van der Waals surface area (Å²) in [6.07, 6.45) is 0.986. The molecule has 0 aliphatic heterocycles. The Morgan fingerprint density at radius 3 is 2.19 bits per heavy atom. The van der Waals surface area contributed by atoms with Gasteiger partial charge in [0.25, 0.3) is 0 Å². The van der Waals surface area contributed by atoms with E-state index in [1.165, 1.54) is 18.9 Å². The molecule has 0 aliphatic carbocycles. The topological polar surface area (TPSA) is 57.6 Å². The second-order valence-corrected chi connectivity index (χ2v) is 5.47. The Kier molecular flexibility index (Phi) is 6.90. The molecular formula is C10H19NO3S2.